The number of likely N-dealkylation sites (tertiary alicyclic amines) is 2. The lowest BCUT2D eigenvalue weighted by atomic mass is 9.87. The second-order valence-electron chi connectivity index (χ2n) is 7.72. The molecule has 3 heterocycles. The van der Waals surface area contributed by atoms with Crippen molar-refractivity contribution in [3.63, 3.8) is 0 Å². The van der Waals surface area contributed by atoms with Crippen molar-refractivity contribution in [1.82, 2.24) is 14.7 Å². The second-order valence-corrected chi connectivity index (χ2v) is 9.09. The molecule has 5 heteroatoms. The van der Waals surface area contributed by atoms with Crippen LogP contribution < -0.4 is 0 Å². The molecule has 2 fully saturated rings. The number of hydrogen-bond donors (Lipinski definition) is 0. The van der Waals surface area contributed by atoms with Gasteiger partial charge in [-0.1, -0.05) is 0 Å². The van der Waals surface area contributed by atoms with Crippen molar-refractivity contribution in [3.05, 3.63) is 21.9 Å². The molecular weight excluding hydrogens is 318 g/mol. The third kappa shape index (κ3) is 4.01. The molecule has 24 heavy (non-hydrogen) atoms. The first-order valence-corrected chi connectivity index (χ1v) is 10.0. The molecule has 1 aromatic heterocycles. The fraction of sp³-hybridized carbons (Fsp3) is 0.737. The molecule has 2 aliphatic rings. The summed E-state index contributed by atoms with van der Waals surface area (Å²) in [4.78, 5) is 22.3. The zero-order valence-corrected chi connectivity index (χ0v) is 16.2. The predicted molar refractivity (Wildman–Crippen MR) is 100 cm³/mol. The molecule has 134 valence electrons. The van der Waals surface area contributed by atoms with E-state index < -0.39 is 0 Å². The summed E-state index contributed by atoms with van der Waals surface area (Å²) in [6, 6.07) is 4.49. The smallest absolute Gasteiger partial charge is 0.223 e. The number of hydrogen-bond acceptors (Lipinski definition) is 4. The summed E-state index contributed by atoms with van der Waals surface area (Å²) in [5, 5.41) is 0. The molecule has 1 spiro atoms. The largest absolute Gasteiger partial charge is 0.336 e. The molecule has 0 aliphatic carbocycles. The summed E-state index contributed by atoms with van der Waals surface area (Å²) in [6.45, 7) is 7.37. The lowest BCUT2D eigenvalue weighted by molar-refractivity contribution is -0.131. The standard InChI is InChI=1S/C19H31N3OS/c1-16-5-6-17(24-16)15-21-11-4-8-19(10-12-21)9-7-18(23)22(19)14-13-20(2)3/h5-6H,4,7-15H2,1-3H3/t19-/m0/s1. The summed E-state index contributed by atoms with van der Waals surface area (Å²) < 4.78 is 0. The van der Waals surface area contributed by atoms with Gasteiger partial charge < -0.3 is 9.80 Å². The fourth-order valence-electron chi connectivity index (χ4n) is 4.24. The van der Waals surface area contributed by atoms with Crippen molar-refractivity contribution in [2.24, 2.45) is 0 Å². The van der Waals surface area contributed by atoms with Crippen LogP contribution >= 0.6 is 11.3 Å². The van der Waals surface area contributed by atoms with Gasteiger partial charge in [-0.25, -0.2) is 0 Å². The monoisotopic (exact) mass is 349 g/mol. The van der Waals surface area contributed by atoms with Crippen LogP contribution in [0.15, 0.2) is 12.1 Å². The Morgan fingerprint density at radius 1 is 1.21 bits per heavy atom. The number of carbonyl (C=O) groups excluding carboxylic acids is 1. The first-order valence-electron chi connectivity index (χ1n) is 9.21. The molecule has 0 unspecified atom stereocenters. The van der Waals surface area contributed by atoms with E-state index in [2.05, 4.69) is 47.9 Å². The molecule has 2 saturated heterocycles. The minimum absolute atomic E-state index is 0.132. The lowest BCUT2D eigenvalue weighted by Gasteiger charge is -2.39. The van der Waals surface area contributed by atoms with Gasteiger partial charge in [-0.05, 0) is 65.4 Å². The quantitative estimate of drug-likeness (QED) is 0.818. The molecule has 3 rings (SSSR count). The lowest BCUT2D eigenvalue weighted by Crippen LogP contribution is -2.48. The van der Waals surface area contributed by atoms with Gasteiger partial charge in [0.1, 0.15) is 0 Å². The SMILES string of the molecule is Cc1ccc(CN2CCC[C@]3(CCC(=O)N3CCN(C)C)CC2)s1. The van der Waals surface area contributed by atoms with Crippen molar-refractivity contribution in [1.29, 1.82) is 0 Å². The van der Waals surface area contributed by atoms with Crippen LogP contribution in [0.1, 0.15) is 41.9 Å². The van der Waals surface area contributed by atoms with Crippen LogP contribution in [0.2, 0.25) is 0 Å². The van der Waals surface area contributed by atoms with E-state index in [4.69, 9.17) is 0 Å². The van der Waals surface area contributed by atoms with Crippen molar-refractivity contribution in [2.45, 2.75) is 51.1 Å². The maximum absolute atomic E-state index is 12.4. The second kappa shape index (κ2) is 7.54. The van der Waals surface area contributed by atoms with Gasteiger partial charge in [0.05, 0.1) is 0 Å². The van der Waals surface area contributed by atoms with Crippen molar-refractivity contribution < 1.29 is 4.79 Å². The number of amides is 1. The summed E-state index contributed by atoms with van der Waals surface area (Å²) >= 11 is 1.91. The molecular formula is C19H31N3OS. The van der Waals surface area contributed by atoms with Crippen LogP contribution in [0.25, 0.3) is 0 Å². The number of thiophene rings is 1. The Balaban J connectivity index is 1.63. The molecule has 2 aliphatic heterocycles. The molecule has 0 radical (unpaired) electrons. The number of aryl methyl sites for hydroxylation is 1. The molecule has 0 saturated carbocycles. The van der Waals surface area contributed by atoms with E-state index in [0.29, 0.717) is 5.91 Å². The average Bonchev–Trinajstić information content (AvgIpc) is 2.99. The van der Waals surface area contributed by atoms with Gasteiger partial charge in [-0.3, -0.25) is 9.69 Å². The topological polar surface area (TPSA) is 26.8 Å². The Kier molecular flexibility index (Phi) is 5.63. The van der Waals surface area contributed by atoms with E-state index in [0.717, 1.165) is 52.0 Å². The first kappa shape index (κ1) is 17.9. The van der Waals surface area contributed by atoms with E-state index in [1.807, 2.05) is 11.3 Å². The first-order chi connectivity index (χ1) is 11.5. The molecule has 0 aromatic carbocycles. The minimum atomic E-state index is 0.132. The van der Waals surface area contributed by atoms with Gasteiger partial charge in [-0.15, -0.1) is 11.3 Å². The van der Waals surface area contributed by atoms with Crippen LogP contribution in [0.5, 0.6) is 0 Å². The highest BCUT2D eigenvalue weighted by Gasteiger charge is 2.45. The van der Waals surface area contributed by atoms with Crippen molar-refractivity contribution in [2.75, 3.05) is 40.3 Å². The van der Waals surface area contributed by atoms with E-state index in [1.165, 1.54) is 22.6 Å². The van der Waals surface area contributed by atoms with Crippen LogP contribution in [0.4, 0.5) is 0 Å². The molecule has 4 nitrogen and oxygen atoms in total. The maximum atomic E-state index is 12.4. The van der Waals surface area contributed by atoms with Crippen LogP contribution in [-0.4, -0.2) is 66.4 Å². The third-order valence-corrected chi connectivity index (χ3v) is 6.62. The van der Waals surface area contributed by atoms with Crippen molar-refractivity contribution >= 4 is 17.2 Å². The molecule has 1 atom stereocenters. The number of rotatable bonds is 5. The van der Waals surface area contributed by atoms with Gasteiger partial charge >= 0.3 is 0 Å². The van der Waals surface area contributed by atoms with Crippen LogP contribution in [0.3, 0.4) is 0 Å². The Morgan fingerprint density at radius 3 is 2.75 bits per heavy atom. The highest BCUT2D eigenvalue weighted by atomic mass is 32.1. The zero-order valence-electron chi connectivity index (χ0n) is 15.4. The van der Waals surface area contributed by atoms with Crippen LogP contribution in [-0.2, 0) is 11.3 Å². The number of likely N-dealkylation sites (N-methyl/N-ethyl adjacent to an activating group) is 1. The highest BCUT2D eigenvalue weighted by molar-refractivity contribution is 7.11. The predicted octanol–water partition coefficient (Wildman–Crippen LogP) is 2.97. The molecule has 1 amide bonds. The Morgan fingerprint density at radius 2 is 2.04 bits per heavy atom. The average molecular weight is 350 g/mol. The van der Waals surface area contributed by atoms with Crippen molar-refractivity contribution in [3.8, 4) is 0 Å². The fourth-order valence-corrected chi connectivity index (χ4v) is 5.17. The Hall–Kier alpha value is -0.910. The summed E-state index contributed by atoms with van der Waals surface area (Å²) in [7, 11) is 4.18. The van der Waals surface area contributed by atoms with Gasteiger partial charge in [-0.2, -0.15) is 0 Å². The highest BCUT2D eigenvalue weighted by Crippen LogP contribution is 2.39. The van der Waals surface area contributed by atoms with Gasteiger partial charge in [0.25, 0.3) is 0 Å². The molecule has 0 N–H and O–H groups in total. The Bertz CT molecular complexity index is 571. The van der Waals surface area contributed by atoms with E-state index in [9.17, 15) is 4.79 Å². The van der Waals surface area contributed by atoms with E-state index >= 15 is 0 Å². The third-order valence-electron chi connectivity index (χ3n) is 5.63. The van der Waals surface area contributed by atoms with E-state index in [-0.39, 0.29) is 5.54 Å². The van der Waals surface area contributed by atoms with Gasteiger partial charge in [0, 0.05) is 47.9 Å². The Labute approximate surface area is 150 Å². The van der Waals surface area contributed by atoms with E-state index in [1.54, 1.807) is 0 Å². The van der Waals surface area contributed by atoms with Crippen LogP contribution in [0, 0.1) is 6.92 Å². The molecule has 1 aromatic rings. The maximum Gasteiger partial charge on any atom is 0.223 e. The van der Waals surface area contributed by atoms with Gasteiger partial charge in [0.2, 0.25) is 5.91 Å². The normalized spacial score (nSPS) is 25.8. The number of nitrogens with zero attached hydrogens (tertiary/aromatic N) is 3. The van der Waals surface area contributed by atoms with Gasteiger partial charge in [0.15, 0.2) is 0 Å². The summed E-state index contributed by atoms with van der Waals surface area (Å²) in [5.41, 5.74) is 0.132. The number of carbonyl (C=O) groups is 1. The summed E-state index contributed by atoms with van der Waals surface area (Å²) in [6.07, 6.45) is 5.32. The molecule has 0 bridgehead atoms. The minimum Gasteiger partial charge on any atom is -0.336 e. The summed E-state index contributed by atoms with van der Waals surface area (Å²) in [5.74, 6) is 0.374. The zero-order chi connectivity index (χ0) is 17.2.